The van der Waals surface area contributed by atoms with Crippen LogP contribution < -0.4 is 14.2 Å². The quantitative estimate of drug-likeness (QED) is 0.741. The highest BCUT2D eigenvalue weighted by atomic mass is 32.2. The molecule has 158 valence electrons. The summed E-state index contributed by atoms with van der Waals surface area (Å²) in [5.41, 5.74) is 1.80. The summed E-state index contributed by atoms with van der Waals surface area (Å²) in [5.74, 6) is 1.40. The highest BCUT2D eigenvalue weighted by Crippen LogP contribution is 2.38. The summed E-state index contributed by atoms with van der Waals surface area (Å²) in [7, 11) is -2.10. The van der Waals surface area contributed by atoms with Gasteiger partial charge in [0, 0.05) is 12.6 Å². The molecule has 2 aromatic rings. The number of carbonyl (C=O) groups is 1. The Morgan fingerprint density at radius 3 is 2.57 bits per heavy atom. The van der Waals surface area contributed by atoms with Crippen molar-refractivity contribution in [2.75, 3.05) is 26.8 Å². The van der Waals surface area contributed by atoms with E-state index in [-0.39, 0.29) is 16.8 Å². The molecule has 1 saturated heterocycles. The van der Waals surface area contributed by atoms with Crippen molar-refractivity contribution >= 4 is 22.0 Å². The molecule has 0 aromatic heterocycles. The molecule has 1 unspecified atom stereocenters. The molecule has 2 heterocycles. The first kappa shape index (κ1) is 20.4. The van der Waals surface area contributed by atoms with E-state index in [4.69, 9.17) is 9.47 Å². The molecule has 1 amide bonds. The van der Waals surface area contributed by atoms with E-state index < -0.39 is 10.0 Å². The third-order valence-electron chi connectivity index (χ3n) is 5.36. The molecule has 2 aliphatic rings. The normalized spacial score (nSPS) is 18.7. The molecule has 0 saturated carbocycles. The van der Waals surface area contributed by atoms with E-state index in [1.54, 1.807) is 18.2 Å². The summed E-state index contributed by atoms with van der Waals surface area (Å²) in [4.78, 5) is 14.9. The summed E-state index contributed by atoms with van der Waals surface area (Å²) >= 11 is 0. The highest BCUT2D eigenvalue weighted by molar-refractivity contribution is 7.89. The molecule has 2 aromatic carbocycles. The number of ether oxygens (including phenoxy) is 2. The molecular weight excluding hydrogens is 404 g/mol. The Morgan fingerprint density at radius 1 is 1.10 bits per heavy atom. The third kappa shape index (κ3) is 4.20. The number of likely N-dealkylation sites (tertiary alicyclic amines) is 1. The summed E-state index contributed by atoms with van der Waals surface area (Å²) < 4.78 is 37.2. The van der Waals surface area contributed by atoms with Gasteiger partial charge < -0.3 is 14.4 Å². The average Bonchev–Trinajstić information content (AvgIpc) is 3.27. The summed E-state index contributed by atoms with van der Waals surface area (Å²) in [6.07, 6.45) is 5.08. The first-order valence-electron chi connectivity index (χ1n) is 9.90. The molecule has 0 radical (unpaired) electrons. The average molecular weight is 429 g/mol. The van der Waals surface area contributed by atoms with E-state index in [0.717, 1.165) is 35.5 Å². The smallest absolute Gasteiger partial charge is 0.247 e. The zero-order chi connectivity index (χ0) is 21.1. The fourth-order valence-corrected chi connectivity index (χ4v) is 4.51. The van der Waals surface area contributed by atoms with Gasteiger partial charge in [0.2, 0.25) is 15.9 Å². The molecule has 0 spiro atoms. The van der Waals surface area contributed by atoms with Crippen molar-refractivity contribution in [3.8, 4) is 11.5 Å². The molecule has 1 atom stereocenters. The molecule has 4 rings (SSSR count). The fraction of sp³-hybridized carbons (Fsp3) is 0.318. The van der Waals surface area contributed by atoms with E-state index in [2.05, 4.69) is 4.72 Å². The molecule has 0 aliphatic carbocycles. The van der Waals surface area contributed by atoms with Gasteiger partial charge in [-0.1, -0.05) is 18.2 Å². The SMILES string of the molecule is CNS(=O)(=O)c1ccc(C=CC(=O)N2CCCC2c2ccc3c(c2)OCCO3)cc1. The Morgan fingerprint density at radius 2 is 1.83 bits per heavy atom. The van der Waals surface area contributed by atoms with Crippen LogP contribution in [0.15, 0.2) is 53.4 Å². The molecule has 7 nitrogen and oxygen atoms in total. The van der Waals surface area contributed by atoms with Gasteiger partial charge in [-0.15, -0.1) is 0 Å². The Balaban J connectivity index is 1.47. The first-order chi connectivity index (χ1) is 14.5. The van der Waals surface area contributed by atoms with Gasteiger partial charge in [0.15, 0.2) is 11.5 Å². The minimum atomic E-state index is -3.47. The largest absolute Gasteiger partial charge is 0.486 e. The summed E-state index contributed by atoms with van der Waals surface area (Å²) in [6.45, 7) is 1.77. The fourth-order valence-electron chi connectivity index (χ4n) is 3.78. The van der Waals surface area contributed by atoms with Crippen LogP contribution in [-0.4, -0.2) is 46.0 Å². The van der Waals surface area contributed by atoms with Crippen molar-refractivity contribution in [2.24, 2.45) is 0 Å². The van der Waals surface area contributed by atoms with Gasteiger partial charge in [0.1, 0.15) is 13.2 Å². The minimum Gasteiger partial charge on any atom is -0.486 e. The van der Waals surface area contributed by atoms with Gasteiger partial charge in [-0.05, 0) is 61.4 Å². The monoisotopic (exact) mass is 428 g/mol. The predicted molar refractivity (Wildman–Crippen MR) is 113 cm³/mol. The van der Waals surface area contributed by atoms with Crippen molar-refractivity contribution in [2.45, 2.75) is 23.8 Å². The van der Waals surface area contributed by atoms with Gasteiger partial charge in [0.05, 0.1) is 10.9 Å². The number of rotatable bonds is 5. The standard InChI is InChI=1S/C22H24N2O5S/c1-23-30(26,27)18-8-4-16(5-9-18)6-11-22(25)24-12-2-3-19(24)17-7-10-20-21(15-17)29-14-13-28-20/h4-11,15,19,23H,2-3,12-14H2,1H3. The number of amides is 1. The molecule has 1 N–H and O–H groups in total. The second-order valence-corrected chi connectivity index (χ2v) is 9.09. The number of benzene rings is 2. The molecular formula is C22H24N2O5S. The molecule has 1 fully saturated rings. The Bertz CT molecular complexity index is 1060. The van der Waals surface area contributed by atoms with Crippen LogP contribution in [0, 0.1) is 0 Å². The second-order valence-electron chi connectivity index (χ2n) is 7.20. The van der Waals surface area contributed by atoms with Crippen molar-refractivity contribution in [3.05, 3.63) is 59.7 Å². The van der Waals surface area contributed by atoms with Crippen LogP contribution in [0.5, 0.6) is 11.5 Å². The van der Waals surface area contributed by atoms with Crippen LogP contribution in [-0.2, 0) is 14.8 Å². The van der Waals surface area contributed by atoms with Crippen molar-refractivity contribution < 1.29 is 22.7 Å². The van der Waals surface area contributed by atoms with Crippen LogP contribution >= 0.6 is 0 Å². The third-order valence-corrected chi connectivity index (χ3v) is 6.79. The van der Waals surface area contributed by atoms with Crippen molar-refractivity contribution in [1.29, 1.82) is 0 Å². The maximum Gasteiger partial charge on any atom is 0.247 e. The number of sulfonamides is 1. The number of hydrogen-bond donors (Lipinski definition) is 1. The van der Waals surface area contributed by atoms with Crippen molar-refractivity contribution in [1.82, 2.24) is 9.62 Å². The van der Waals surface area contributed by atoms with Crippen molar-refractivity contribution in [3.63, 3.8) is 0 Å². The van der Waals surface area contributed by atoms with E-state index >= 15 is 0 Å². The van der Waals surface area contributed by atoms with Gasteiger partial charge >= 0.3 is 0 Å². The van der Waals surface area contributed by atoms with Crippen LogP contribution in [0.25, 0.3) is 6.08 Å². The van der Waals surface area contributed by atoms with Crippen LogP contribution in [0.1, 0.15) is 30.0 Å². The highest BCUT2D eigenvalue weighted by Gasteiger charge is 2.29. The van der Waals surface area contributed by atoms with Gasteiger partial charge in [-0.25, -0.2) is 13.1 Å². The van der Waals surface area contributed by atoms with E-state index in [0.29, 0.717) is 19.8 Å². The number of fused-ring (bicyclic) bond motifs is 1. The molecule has 2 aliphatic heterocycles. The maximum atomic E-state index is 12.8. The minimum absolute atomic E-state index is 0.00104. The van der Waals surface area contributed by atoms with Crippen LogP contribution in [0.4, 0.5) is 0 Å². The van der Waals surface area contributed by atoms with Gasteiger partial charge in [-0.2, -0.15) is 0 Å². The number of nitrogens with one attached hydrogen (secondary N) is 1. The van der Waals surface area contributed by atoms with Crippen LogP contribution in [0.3, 0.4) is 0 Å². The lowest BCUT2D eigenvalue weighted by molar-refractivity contribution is -0.126. The summed E-state index contributed by atoms with van der Waals surface area (Å²) in [5, 5.41) is 0. The maximum absolute atomic E-state index is 12.8. The van der Waals surface area contributed by atoms with Gasteiger partial charge in [0.25, 0.3) is 0 Å². The lowest BCUT2D eigenvalue weighted by Gasteiger charge is -2.26. The number of carbonyl (C=O) groups excluding carboxylic acids is 1. The molecule has 0 bridgehead atoms. The first-order valence-corrected chi connectivity index (χ1v) is 11.4. The van der Waals surface area contributed by atoms with Gasteiger partial charge in [-0.3, -0.25) is 4.79 Å². The summed E-state index contributed by atoms with van der Waals surface area (Å²) in [6, 6.07) is 12.3. The Kier molecular flexibility index (Phi) is 5.78. The molecule has 30 heavy (non-hydrogen) atoms. The second kappa shape index (κ2) is 8.49. The van der Waals surface area contributed by atoms with Crippen LogP contribution in [0.2, 0.25) is 0 Å². The Labute approximate surface area is 176 Å². The predicted octanol–water partition coefficient (Wildman–Crippen LogP) is 2.74. The Hall–Kier alpha value is -2.84. The van der Waals surface area contributed by atoms with E-state index in [1.807, 2.05) is 23.1 Å². The van der Waals surface area contributed by atoms with E-state index in [1.165, 1.54) is 25.3 Å². The lowest BCUT2D eigenvalue weighted by atomic mass is 10.0. The zero-order valence-corrected chi connectivity index (χ0v) is 17.5. The van der Waals surface area contributed by atoms with E-state index in [9.17, 15) is 13.2 Å². The zero-order valence-electron chi connectivity index (χ0n) is 16.7. The topological polar surface area (TPSA) is 84.9 Å². The number of nitrogens with zero attached hydrogens (tertiary/aromatic N) is 1. The number of hydrogen-bond acceptors (Lipinski definition) is 5. The lowest BCUT2D eigenvalue weighted by Crippen LogP contribution is -2.29. The molecule has 8 heteroatoms.